The SMILES string of the molecule is NCCc1cn2ccc3cc(O)ccc3c2n1. The van der Waals surface area contributed by atoms with Crippen molar-refractivity contribution in [2.45, 2.75) is 6.42 Å². The standard InChI is InChI=1S/C13H13N3O/c14-5-3-10-8-16-6-4-9-7-11(17)1-2-12(9)13(16)15-10/h1-2,4,6-8,17H,3,5,14H2. The van der Waals surface area contributed by atoms with Crippen LogP contribution in [0, 0.1) is 0 Å². The quantitative estimate of drug-likeness (QED) is 0.700. The molecule has 0 fully saturated rings. The Morgan fingerprint density at radius 1 is 1.29 bits per heavy atom. The zero-order chi connectivity index (χ0) is 11.8. The first-order valence-corrected chi connectivity index (χ1v) is 5.57. The van der Waals surface area contributed by atoms with Gasteiger partial charge in [0, 0.05) is 24.2 Å². The summed E-state index contributed by atoms with van der Waals surface area (Å²) in [5, 5.41) is 11.5. The summed E-state index contributed by atoms with van der Waals surface area (Å²) >= 11 is 0. The van der Waals surface area contributed by atoms with Gasteiger partial charge in [-0.05, 0) is 36.2 Å². The fourth-order valence-electron chi connectivity index (χ4n) is 2.08. The molecule has 4 nitrogen and oxygen atoms in total. The van der Waals surface area contributed by atoms with Gasteiger partial charge in [0.25, 0.3) is 0 Å². The van der Waals surface area contributed by atoms with Crippen molar-refractivity contribution < 1.29 is 5.11 Å². The van der Waals surface area contributed by atoms with E-state index >= 15 is 0 Å². The van der Waals surface area contributed by atoms with Crippen LogP contribution in [0.3, 0.4) is 0 Å². The van der Waals surface area contributed by atoms with Crippen LogP contribution in [0.15, 0.2) is 36.7 Å². The van der Waals surface area contributed by atoms with Gasteiger partial charge in [0.2, 0.25) is 0 Å². The third-order valence-electron chi connectivity index (χ3n) is 2.87. The lowest BCUT2D eigenvalue weighted by atomic mass is 10.1. The van der Waals surface area contributed by atoms with Gasteiger partial charge < -0.3 is 15.2 Å². The highest BCUT2D eigenvalue weighted by Gasteiger charge is 2.05. The van der Waals surface area contributed by atoms with Gasteiger partial charge in [-0.2, -0.15) is 0 Å². The van der Waals surface area contributed by atoms with Gasteiger partial charge in [-0.1, -0.05) is 0 Å². The lowest BCUT2D eigenvalue weighted by molar-refractivity contribution is 0.476. The second kappa shape index (κ2) is 3.75. The van der Waals surface area contributed by atoms with Crippen LogP contribution in [0.5, 0.6) is 5.75 Å². The fraction of sp³-hybridized carbons (Fsp3) is 0.154. The zero-order valence-electron chi connectivity index (χ0n) is 9.30. The number of imidazole rings is 1. The zero-order valence-corrected chi connectivity index (χ0v) is 9.30. The molecule has 4 heteroatoms. The van der Waals surface area contributed by atoms with Crippen molar-refractivity contribution in [2.24, 2.45) is 5.73 Å². The molecule has 3 rings (SSSR count). The van der Waals surface area contributed by atoms with Crippen molar-refractivity contribution in [3.8, 4) is 5.75 Å². The van der Waals surface area contributed by atoms with E-state index < -0.39 is 0 Å². The second-order valence-corrected chi connectivity index (χ2v) is 4.09. The first kappa shape index (κ1) is 10.1. The fourth-order valence-corrected chi connectivity index (χ4v) is 2.08. The lowest BCUT2D eigenvalue weighted by Gasteiger charge is -2.00. The van der Waals surface area contributed by atoms with Gasteiger partial charge in [-0.15, -0.1) is 0 Å². The molecule has 86 valence electrons. The number of phenols is 1. The Balaban J connectivity index is 2.31. The lowest BCUT2D eigenvalue weighted by Crippen LogP contribution is -2.02. The van der Waals surface area contributed by atoms with Crippen LogP contribution in [-0.2, 0) is 6.42 Å². The van der Waals surface area contributed by atoms with Crippen molar-refractivity contribution >= 4 is 16.4 Å². The summed E-state index contributed by atoms with van der Waals surface area (Å²) in [7, 11) is 0. The third-order valence-corrected chi connectivity index (χ3v) is 2.87. The molecule has 0 aliphatic carbocycles. The molecule has 3 aromatic rings. The van der Waals surface area contributed by atoms with Gasteiger partial charge >= 0.3 is 0 Å². The molecule has 0 amide bonds. The number of hydrogen-bond donors (Lipinski definition) is 2. The van der Waals surface area contributed by atoms with Crippen molar-refractivity contribution in [1.29, 1.82) is 0 Å². The predicted octanol–water partition coefficient (Wildman–Crippen LogP) is 1.69. The van der Waals surface area contributed by atoms with Crippen LogP contribution in [0.4, 0.5) is 0 Å². The average molecular weight is 227 g/mol. The summed E-state index contributed by atoms with van der Waals surface area (Å²) in [5.41, 5.74) is 7.43. The maximum Gasteiger partial charge on any atom is 0.144 e. The minimum absolute atomic E-state index is 0.274. The Morgan fingerprint density at radius 2 is 2.18 bits per heavy atom. The van der Waals surface area contributed by atoms with Crippen LogP contribution in [0.2, 0.25) is 0 Å². The Bertz CT molecular complexity index is 688. The summed E-state index contributed by atoms with van der Waals surface area (Å²) < 4.78 is 1.99. The summed E-state index contributed by atoms with van der Waals surface area (Å²) in [5.74, 6) is 0.274. The molecular formula is C13H13N3O. The monoisotopic (exact) mass is 227 g/mol. The number of rotatable bonds is 2. The number of phenolic OH excluding ortho intramolecular Hbond substituents is 1. The van der Waals surface area contributed by atoms with E-state index in [1.54, 1.807) is 12.1 Å². The summed E-state index contributed by atoms with van der Waals surface area (Å²) in [6, 6.07) is 7.28. The Hall–Kier alpha value is -2.07. The molecule has 17 heavy (non-hydrogen) atoms. The van der Waals surface area contributed by atoms with Gasteiger partial charge in [-0.3, -0.25) is 0 Å². The number of pyridine rings is 1. The number of nitrogens with two attached hydrogens (primary N) is 1. The Morgan fingerprint density at radius 3 is 3.00 bits per heavy atom. The van der Waals surface area contributed by atoms with Crippen LogP contribution in [0.1, 0.15) is 5.69 Å². The average Bonchev–Trinajstić information content (AvgIpc) is 2.72. The molecule has 0 unspecified atom stereocenters. The normalized spacial score (nSPS) is 11.4. The third kappa shape index (κ3) is 1.62. The molecule has 0 saturated carbocycles. The van der Waals surface area contributed by atoms with Gasteiger partial charge in [-0.25, -0.2) is 4.98 Å². The molecule has 3 N–H and O–H groups in total. The molecule has 1 aromatic carbocycles. The molecule has 2 heterocycles. The van der Waals surface area contributed by atoms with E-state index in [0.29, 0.717) is 6.54 Å². The van der Waals surface area contributed by atoms with E-state index in [2.05, 4.69) is 4.98 Å². The Labute approximate surface area is 98.3 Å². The van der Waals surface area contributed by atoms with Crippen LogP contribution in [0.25, 0.3) is 16.4 Å². The number of benzene rings is 1. The van der Waals surface area contributed by atoms with Crippen LogP contribution >= 0.6 is 0 Å². The minimum Gasteiger partial charge on any atom is -0.508 e. The largest absolute Gasteiger partial charge is 0.508 e. The smallest absolute Gasteiger partial charge is 0.144 e. The molecule has 0 saturated heterocycles. The molecular weight excluding hydrogens is 214 g/mol. The number of aromatic nitrogens is 2. The topological polar surface area (TPSA) is 63.5 Å². The summed E-state index contributed by atoms with van der Waals surface area (Å²) in [6.07, 6.45) is 4.72. The maximum atomic E-state index is 9.45. The van der Waals surface area contributed by atoms with Gasteiger partial charge in [0.1, 0.15) is 11.4 Å². The molecule has 0 bridgehead atoms. The number of hydrogen-bond acceptors (Lipinski definition) is 3. The van der Waals surface area contributed by atoms with Crippen LogP contribution < -0.4 is 5.73 Å². The highest BCUT2D eigenvalue weighted by atomic mass is 16.3. The summed E-state index contributed by atoms with van der Waals surface area (Å²) in [4.78, 5) is 4.56. The van der Waals surface area contributed by atoms with E-state index in [-0.39, 0.29) is 5.75 Å². The molecule has 0 aliphatic heterocycles. The predicted molar refractivity (Wildman–Crippen MR) is 67.1 cm³/mol. The second-order valence-electron chi connectivity index (χ2n) is 4.09. The first-order valence-electron chi connectivity index (χ1n) is 5.57. The van der Waals surface area contributed by atoms with E-state index in [1.165, 1.54) is 0 Å². The van der Waals surface area contributed by atoms with Crippen molar-refractivity contribution in [1.82, 2.24) is 9.38 Å². The molecule has 2 aromatic heterocycles. The van der Waals surface area contributed by atoms with Gasteiger partial charge in [0.05, 0.1) is 5.69 Å². The minimum atomic E-state index is 0.274. The molecule has 0 atom stereocenters. The number of aromatic hydroxyl groups is 1. The van der Waals surface area contributed by atoms with Crippen molar-refractivity contribution in [2.75, 3.05) is 6.54 Å². The number of nitrogens with zero attached hydrogens (tertiary/aromatic N) is 2. The van der Waals surface area contributed by atoms with E-state index in [0.717, 1.165) is 28.5 Å². The van der Waals surface area contributed by atoms with E-state index in [1.807, 2.05) is 28.9 Å². The number of fused-ring (bicyclic) bond motifs is 3. The van der Waals surface area contributed by atoms with Crippen molar-refractivity contribution in [3.05, 3.63) is 42.4 Å². The van der Waals surface area contributed by atoms with Crippen LogP contribution in [-0.4, -0.2) is 21.0 Å². The van der Waals surface area contributed by atoms with Gasteiger partial charge in [0.15, 0.2) is 0 Å². The van der Waals surface area contributed by atoms with Crippen molar-refractivity contribution in [3.63, 3.8) is 0 Å². The Kier molecular flexibility index (Phi) is 2.23. The van der Waals surface area contributed by atoms with E-state index in [9.17, 15) is 5.11 Å². The summed E-state index contributed by atoms with van der Waals surface area (Å²) in [6.45, 7) is 0.600. The highest BCUT2D eigenvalue weighted by molar-refractivity contribution is 5.94. The van der Waals surface area contributed by atoms with E-state index in [4.69, 9.17) is 5.73 Å². The maximum absolute atomic E-state index is 9.45. The molecule has 0 spiro atoms. The molecule has 0 aliphatic rings. The highest BCUT2D eigenvalue weighted by Crippen LogP contribution is 2.23. The first-order chi connectivity index (χ1) is 8.28. The molecule has 0 radical (unpaired) electrons.